The molecule has 0 aliphatic heterocycles. The molecular formula is C42H38. The van der Waals surface area contributed by atoms with E-state index in [9.17, 15) is 0 Å². The highest BCUT2D eigenvalue weighted by Crippen LogP contribution is 2.52. The summed E-state index contributed by atoms with van der Waals surface area (Å²) in [6.45, 7) is 9.55. The molecule has 4 aliphatic rings. The van der Waals surface area contributed by atoms with Crippen molar-refractivity contribution in [3.05, 3.63) is 143 Å². The molecule has 0 saturated carbocycles. The van der Waals surface area contributed by atoms with Gasteiger partial charge in [0.1, 0.15) is 0 Å². The molecule has 0 spiro atoms. The van der Waals surface area contributed by atoms with Crippen molar-refractivity contribution in [2.75, 3.05) is 0 Å². The van der Waals surface area contributed by atoms with Crippen LogP contribution in [-0.2, 0) is 10.8 Å². The summed E-state index contributed by atoms with van der Waals surface area (Å²) in [7, 11) is 0. The monoisotopic (exact) mass is 542 g/mol. The Morgan fingerprint density at radius 1 is 0.452 bits per heavy atom. The second-order valence-electron chi connectivity index (χ2n) is 13.6. The van der Waals surface area contributed by atoms with Crippen molar-refractivity contribution in [3.8, 4) is 33.4 Å². The van der Waals surface area contributed by atoms with E-state index in [0.29, 0.717) is 0 Å². The van der Waals surface area contributed by atoms with Gasteiger partial charge in [-0.25, -0.2) is 0 Å². The van der Waals surface area contributed by atoms with Gasteiger partial charge >= 0.3 is 0 Å². The number of rotatable bonds is 3. The Morgan fingerprint density at radius 3 is 1.24 bits per heavy atom. The highest BCUT2D eigenvalue weighted by atomic mass is 14.4. The van der Waals surface area contributed by atoms with E-state index in [1.165, 1.54) is 66.8 Å². The van der Waals surface area contributed by atoms with Gasteiger partial charge in [0.25, 0.3) is 0 Å². The molecule has 0 unspecified atom stereocenters. The van der Waals surface area contributed by atoms with Crippen LogP contribution in [0.15, 0.2) is 120 Å². The van der Waals surface area contributed by atoms with E-state index in [4.69, 9.17) is 0 Å². The standard InChI is InChI=1S/C42H38/c1-41(2)37-17-7-5-15-33(37)35-21-19-31(25-39(35)41)29-13-9-11-27(23-29)28-12-10-14-30(24-28)32-20-22-36-34-16-6-8-18-38(34)42(3,4)40(36)26-32/h7-14,17-26H,5-6,15-16H2,1-4H3. The normalized spacial score (nSPS) is 19.0. The minimum Gasteiger partial charge on any atom is -0.0839 e. The Morgan fingerprint density at radius 2 is 0.833 bits per heavy atom. The van der Waals surface area contributed by atoms with Crippen LogP contribution in [0.2, 0.25) is 0 Å². The average Bonchev–Trinajstić information content (AvgIpc) is 3.40. The van der Waals surface area contributed by atoms with E-state index in [1.807, 2.05) is 0 Å². The first-order chi connectivity index (χ1) is 20.3. The minimum absolute atomic E-state index is 0.0546. The molecule has 206 valence electrons. The first-order valence-corrected chi connectivity index (χ1v) is 15.6. The zero-order valence-electron chi connectivity index (χ0n) is 25.2. The van der Waals surface area contributed by atoms with Crippen molar-refractivity contribution < 1.29 is 0 Å². The highest BCUT2D eigenvalue weighted by molar-refractivity contribution is 5.87. The molecule has 0 heteroatoms. The van der Waals surface area contributed by atoms with Gasteiger partial charge in [-0.1, -0.05) is 113 Å². The van der Waals surface area contributed by atoms with Gasteiger partial charge in [-0.15, -0.1) is 0 Å². The van der Waals surface area contributed by atoms with Crippen LogP contribution in [0, 0.1) is 0 Å². The van der Waals surface area contributed by atoms with Crippen molar-refractivity contribution in [3.63, 3.8) is 0 Å². The van der Waals surface area contributed by atoms with Crippen LogP contribution in [0.4, 0.5) is 0 Å². The predicted octanol–water partition coefficient (Wildman–Crippen LogP) is 11.5. The van der Waals surface area contributed by atoms with Crippen molar-refractivity contribution >= 4 is 11.1 Å². The summed E-state index contributed by atoms with van der Waals surface area (Å²) in [4.78, 5) is 0. The zero-order valence-corrected chi connectivity index (χ0v) is 25.2. The van der Waals surface area contributed by atoms with Crippen LogP contribution in [0.5, 0.6) is 0 Å². The highest BCUT2D eigenvalue weighted by Gasteiger charge is 2.38. The molecule has 0 aromatic heterocycles. The van der Waals surface area contributed by atoms with Crippen LogP contribution < -0.4 is 0 Å². The van der Waals surface area contributed by atoms with Gasteiger partial charge in [0.15, 0.2) is 0 Å². The first-order valence-electron chi connectivity index (χ1n) is 15.6. The molecule has 8 rings (SSSR count). The molecule has 4 aliphatic carbocycles. The maximum atomic E-state index is 2.45. The largest absolute Gasteiger partial charge is 0.0839 e. The van der Waals surface area contributed by atoms with Crippen LogP contribution in [-0.4, -0.2) is 0 Å². The molecule has 0 radical (unpaired) electrons. The maximum Gasteiger partial charge on any atom is 0.0155 e. The van der Waals surface area contributed by atoms with E-state index < -0.39 is 0 Å². The summed E-state index contributed by atoms with van der Waals surface area (Å²) in [5.41, 5.74) is 19.8. The summed E-state index contributed by atoms with van der Waals surface area (Å²) in [5, 5.41) is 0. The average molecular weight is 543 g/mol. The summed E-state index contributed by atoms with van der Waals surface area (Å²) in [5.74, 6) is 0. The molecule has 0 amide bonds. The predicted molar refractivity (Wildman–Crippen MR) is 179 cm³/mol. The molecule has 42 heavy (non-hydrogen) atoms. The van der Waals surface area contributed by atoms with Crippen molar-refractivity contribution in [2.45, 2.75) is 64.2 Å². The third-order valence-electron chi connectivity index (χ3n) is 10.4. The van der Waals surface area contributed by atoms with Crippen LogP contribution in [0.25, 0.3) is 44.5 Å². The van der Waals surface area contributed by atoms with E-state index >= 15 is 0 Å². The van der Waals surface area contributed by atoms with E-state index in [2.05, 4.69) is 137 Å². The molecule has 0 saturated heterocycles. The lowest BCUT2D eigenvalue weighted by Crippen LogP contribution is -2.16. The van der Waals surface area contributed by atoms with Gasteiger partial charge in [0.2, 0.25) is 0 Å². The van der Waals surface area contributed by atoms with E-state index in [0.717, 1.165) is 25.7 Å². The second-order valence-corrected chi connectivity index (χ2v) is 13.6. The van der Waals surface area contributed by atoms with Gasteiger partial charge in [-0.2, -0.15) is 0 Å². The summed E-state index contributed by atoms with van der Waals surface area (Å²) in [6, 6.07) is 32.5. The molecule has 4 aromatic carbocycles. The molecular weight excluding hydrogens is 504 g/mol. The van der Waals surface area contributed by atoms with Gasteiger partial charge in [-0.3, -0.25) is 0 Å². The Balaban J connectivity index is 1.13. The Kier molecular flexibility index (Phi) is 5.58. The van der Waals surface area contributed by atoms with E-state index in [-0.39, 0.29) is 10.8 Å². The lowest BCUT2D eigenvalue weighted by Gasteiger charge is -2.24. The van der Waals surface area contributed by atoms with Crippen molar-refractivity contribution in [1.82, 2.24) is 0 Å². The smallest absolute Gasteiger partial charge is 0.0155 e. The van der Waals surface area contributed by atoms with Crippen molar-refractivity contribution in [2.24, 2.45) is 0 Å². The van der Waals surface area contributed by atoms with Gasteiger partial charge in [0.05, 0.1) is 0 Å². The van der Waals surface area contributed by atoms with Gasteiger partial charge < -0.3 is 0 Å². The molecule has 0 fully saturated rings. The lowest BCUT2D eigenvalue weighted by atomic mass is 9.79. The molecule has 0 atom stereocenters. The fourth-order valence-corrected chi connectivity index (χ4v) is 8.11. The number of fused-ring (bicyclic) bond motifs is 4. The first kappa shape index (κ1) is 25.5. The fourth-order valence-electron chi connectivity index (χ4n) is 8.11. The molecule has 4 aromatic rings. The van der Waals surface area contributed by atoms with Crippen molar-refractivity contribution in [1.29, 1.82) is 0 Å². The Bertz CT molecular complexity index is 1770. The van der Waals surface area contributed by atoms with Gasteiger partial charge in [0, 0.05) is 10.8 Å². The quantitative estimate of drug-likeness (QED) is 0.241. The number of benzene rings is 4. The lowest BCUT2D eigenvalue weighted by molar-refractivity contribution is 0.651. The Hall–Kier alpha value is -4.16. The SMILES string of the molecule is CC1(C)C2=C(CCC=C2)c2ccc(-c3cccc(-c4cccc(-c5ccc6c(c5)C(C)(C)C5=C6CCC=C5)c4)c3)cc21. The number of hydrogen-bond acceptors (Lipinski definition) is 0. The van der Waals surface area contributed by atoms with Crippen LogP contribution in [0.1, 0.15) is 75.6 Å². The molecule has 0 heterocycles. The topological polar surface area (TPSA) is 0 Å². The summed E-state index contributed by atoms with van der Waals surface area (Å²) in [6.07, 6.45) is 14.0. The van der Waals surface area contributed by atoms with Gasteiger partial charge in [-0.05, 0) is 128 Å². The number of allylic oxidation sites excluding steroid dienone is 8. The second kappa shape index (κ2) is 9.17. The van der Waals surface area contributed by atoms with Crippen LogP contribution in [0.3, 0.4) is 0 Å². The van der Waals surface area contributed by atoms with Crippen LogP contribution >= 0.6 is 0 Å². The maximum absolute atomic E-state index is 2.45. The molecule has 0 nitrogen and oxygen atoms in total. The molecule has 0 bridgehead atoms. The Labute approximate surface area is 250 Å². The minimum atomic E-state index is 0.0546. The third-order valence-corrected chi connectivity index (χ3v) is 10.4. The van der Waals surface area contributed by atoms with E-state index in [1.54, 1.807) is 11.1 Å². The fraction of sp³-hybridized carbons (Fsp3) is 0.238. The summed E-state index contributed by atoms with van der Waals surface area (Å²) < 4.78 is 0. The third kappa shape index (κ3) is 3.74. The molecule has 0 N–H and O–H groups in total. The summed E-state index contributed by atoms with van der Waals surface area (Å²) >= 11 is 0. The zero-order chi connectivity index (χ0) is 28.6. The number of hydrogen-bond donors (Lipinski definition) is 0.